The minimum atomic E-state index is 0.757. The molecular formula is C15H22N5+. The van der Waals surface area contributed by atoms with Crippen LogP contribution in [0.25, 0.3) is 0 Å². The summed E-state index contributed by atoms with van der Waals surface area (Å²) < 4.78 is 1.93. The number of nitrogens with one attached hydrogen (secondary N) is 1. The summed E-state index contributed by atoms with van der Waals surface area (Å²) in [6, 6.07) is 10.4. The maximum Gasteiger partial charge on any atom is 0.206 e. The summed E-state index contributed by atoms with van der Waals surface area (Å²) in [7, 11) is 0. The lowest BCUT2D eigenvalue weighted by Gasteiger charge is -2.26. The van der Waals surface area contributed by atoms with Crippen molar-refractivity contribution in [3.63, 3.8) is 0 Å². The maximum absolute atomic E-state index is 4.21. The van der Waals surface area contributed by atoms with Gasteiger partial charge in [0.05, 0.1) is 19.6 Å². The Morgan fingerprint density at radius 2 is 1.95 bits per heavy atom. The molecule has 5 heteroatoms. The average molecular weight is 272 g/mol. The molecule has 1 aromatic heterocycles. The third-order valence-corrected chi connectivity index (χ3v) is 4.17. The number of hydrogen-bond donors (Lipinski definition) is 1. The van der Waals surface area contributed by atoms with Gasteiger partial charge in [0, 0.05) is 0 Å². The van der Waals surface area contributed by atoms with Crippen LogP contribution >= 0.6 is 0 Å². The third-order valence-electron chi connectivity index (χ3n) is 4.17. The Balaban J connectivity index is 1.65. The first-order chi connectivity index (χ1) is 9.81. The van der Waals surface area contributed by atoms with Crippen LogP contribution in [-0.4, -0.2) is 33.3 Å². The Bertz CT molecular complexity index is 528. The van der Waals surface area contributed by atoms with E-state index >= 15 is 0 Å². The summed E-state index contributed by atoms with van der Waals surface area (Å²) in [5, 5.41) is 12.2. The zero-order valence-electron chi connectivity index (χ0n) is 12.0. The van der Waals surface area contributed by atoms with Gasteiger partial charge in [-0.25, -0.2) is 4.68 Å². The summed E-state index contributed by atoms with van der Waals surface area (Å²) in [4.78, 5) is 1.60. The Hall–Kier alpha value is -1.75. The van der Waals surface area contributed by atoms with Crippen LogP contribution in [0, 0.1) is 5.92 Å². The van der Waals surface area contributed by atoms with Gasteiger partial charge >= 0.3 is 0 Å². The second kappa shape index (κ2) is 6.13. The highest BCUT2D eigenvalue weighted by Gasteiger charge is 2.21. The molecule has 1 N–H and O–H groups in total. The zero-order valence-corrected chi connectivity index (χ0v) is 12.0. The molecule has 1 aliphatic rings. The minimum absolute atomic E-state index is 0.757. The van der Waals surface area contributed by atoms with Crippen molar-refractivity contribution in [1.82, 2.24) is 20.2 Å². The van der Waals surface area contributed by atoms with Crippen LogP contribution in [-0.2, 0) is 13.1 Å². The van der Waals surface area contributed by atoms with E-state index in [-0.39, 0.29) is 0 Å². The molecule has 0 aliphatic carbocycles. The summed E-state index contributed by atoms with van der Waals surface area (Å²) >= 11 is 0. The average Bonchev–Trinajstić information content (AvgIpc) is 2.90. The molecule has 2 heterocycles. The van der Waals surface area contributed by atoms with Crippen molar-refractivity contribution in [3.05, 3.63) is 41.7 Å². The largest absolute Gasteiger partial charge is 0.329 e. The van der Waals surface area contributed by atoms with Gasteiger partial charge in [-0.05, 0) is 34.7 Å². The molecular weight excluding hydrogens is 250 g/mol. The molecule has 1 saturated heterocycles. The fourth-order valence-electron chi connectivity index (χ4n) is 2.80. The van der Waals surface area contributed by atoms with Gasteiger partial charge in [0.15, 0.2) is 0 Å². The number of piperidine rings is 1. The normalized spacial score (nSPS) is 22.9. The number of rotatable bonds is 4. The van der Waals surface area contributed by atoms with E-state index in [1.807, 2.05) is 10.7 Å². The van der Waals surface area contributed by atoms with Crippen LogP contribution < -0.4 is 4.90 Å². The summed E-state index contributed by atoms with van der Waals surface area (Å²) in [5.74, 6) is 1.87. The second-order valence-corrected chi connectivity index (χ2v) is 5.85. The van der Waals surface area contributed by atoms with Crippen molar-refractivity contribution in [2.75, 3.05) is 13.1 Å². The predicted octanol–water partition coefficient (Wildman–Crippen LogP) is 0.536. The first kappa shape index (κ1) is 13.2. The van der Waals surface area contributed by atoms with Gasteiger partial charge in [0.1, 0.15) is 6.54 Å². The van der Waals surface area contributed by atoms with Crippen LogP contribution in [0.2, 0.25) is 0 Å². The Labute approximate surface area is 119 Å². The van der Waals surface area contributed by atoms with E-state index in [1.54, 1.807) is 4.90 Å². The predicted molar refractivity (Wildman–Crippen MR) is 76.2 cm³/mol. The maximum atomic E-state index is 4.21. The van der Waals surface area contributed by atoms with E-state index in [1.165, 1.54) is 31.5 Å². The lowest BCUT2D eigenvalue weighted by Crippen LogP contribution is -3.11. The van der Waals surface area contributed by atoms with Crippen molar-refractivity contribution < 1.29 is 4.90 Å². The lowest BCUT2D eigenvalue weighted by atomic mass is 9.99. The molecule has 2 aromatic rings. The SMILES string of the molecule is CC1CC[NH+](Cc2nnnn2Cc2ccccc2)CC1. The van der Waals surface area contributed by atoms with Gasteiger partial charge in [0.25, 0.3) is 0 Å². The van der Waals surface area contributed by atoms with Crippen LogP contribution in [0.3, 0.4) is 0 Å². The summed E-state index contributed by atoms with van der Waals surface area (Å²) in [5.41, 5.74) is 1.24. The van der Waals surface area contributed by atoms with Gasteiger partial charge in [-0.2, -0.15) is 0 Å². The van der Waals surface area contributed by atoms with Crippen LogP contribution in [0.5, 0.6) is 0 Å². The Morgan fingerprint density at radius 3 is 2.70 bits per heavy atom. The van der Waals surface area contributed by atoms with Crippen molar-refractivity contribution in [2.45, 2.75) is 32.9 Å². The number of likely N-dealkylation sites (tertiary alicyclic amines) is 1. The van der Waals surface area contributed by atoms with Gasteiger partial charge < -0.3 is 4.90 Å². The van der Waals surface area contributed by atoms with E-state index in [9.17, 15) is 0 Å². The Kier molecular flexibility index (Phi) is 4.06. The summed E-state index contributed by atoms with van der Waals surface area (Å²) in [6.45, 7) is 6.51. The minimum Gasteiger partial charge on any atom is -0.329 e. The summed E-state index contributed by atoms with van der Waals surface area (Å²) in [6.07, 6.45) is 2.63. The first-order valence-electron chi connectivity index (χ1n) is 7.44. The molecule has 0 unspecified atom stereocenters. The number of benzene rings is 1. The quantitative estimate of drug-likeness (QED) is 0.883. The van der Waals surface area contributed by atoms with Gasteiger partial charge in [-0.3, -0.25) is 0 Å². The fourth-order valence-corrected chi connectivity index (χ4v) is 2.80. The van der Waals surface area contributed by atoms with Gasteiger partial charge in [-0.1, -0.05) is 37.3 Å². The first-order valence-corrected chi connectivity index (χ1v) is 7.44. The number of aromatic nitrogens is 4. The zero-order chi connectivity index (χ0) is 13.8. The molecule has 1 aromatic carbocycles. The number of tetrazole rings is 1. The number of quaternary nitrogens is 1. The molecule has 1 fully saturated rings. The highest BCUT2D eigenvalue weighted by Crippen LogP contribution is 2.07. The highest BCUT2D eigenvalue weighted by atomic mass is 15.5. The monoisotopic (exact) mass is 272 g/mol. The number of nitrogens with zero attached hydrogens (tertiary/aromatic N) is 4. The molecule has 0 amide bonds. The van der Waals surface area contributed by atoms with Crippen LogP contribution in [0.1, 0.15) is 31.2 Å². The molecule has 0 saturated carbocycles. The second-order valence-electron chi connectivity index (χ2n) is 5.85. The van der Waals surface area contributed by atoms with Crippen LogP contribution in [0.15, 0.2) is 30.3 Å². The lowest BCUT2D eigenvalue weighted by molar-refractivity contribution is -0.920. The van der Waals surface area contributed by atoms with Crippen molar-refractivity contribution >= 4 is 0 Å². The Morgan fingerprint density at radius 1 is 1.20 bits per heavy atom. The molecule has 0 radical (unpaired) electrons. The third kappa shape index (κ3) is 3.22. The standard InChI is InChI=1S/C15H21N5/c1-13-7-9-19(10-8-13)12-15-16-17-18-20(15)11-14-5-3-2-4-6-14/h2-6,13H,7-12H2,1H3/p+1. The van der Waals surface area contributed by atoms with Crippen molar-refractivity contribution in [3.8, 4) is 0 Å². The van der Waals surface area contributed by atoms with E-state index in [4.69, 9.17) is 0 Å². The molecule has 20 heavy (non-hydrogen) atoms. The molecule has 0 atom stereocenters. The topological polar surface area (TPSA) is 48.0 Å². The molecule has 106 valence electrons. The molecule has 3 rings (SSSR count). The van der Waals surface area contributed by atoms with Gasteiger partial charge in [-0.15, -0.1) is 5.10 Å². The van der Waals surface area contributed by atoms with E-state index in [2.05, 4.69) is 46.7 Å². The highest BCUT2D eigenvalue weighted by molar-refractivity contribution is 5.14. The van der Waals surface area contributed by atoms with Crippen LogP contribution in [0.4, 0.5) is 0 Å². The molecule has 0 bridgehead atoms. The van der Waals surface area contributed by atoms with Gasteiger partial charge in [0.2, 0.25) is 5.82 Å². The van der Waals surface area contributed by atoms with E-state index in [0.29, 0.717) is 0 Å². The molecule has 1 aliphatic heterocycles. The fraction of sp³-hybridized carbons (Fsp3) is 0.533. The van der Waals surface area contributed by atoms with Crippen molar-refractivity contribution in [2.24, 2.45) is 5.92 Å². The van der Waals surface area contributed by atoms with E-state index in [0.717, 1.165) is 24.8 Å². The molecule has 5 nitrogen and oxygen atoms in total. The smallest absolute Gasteiger partial charge is 0.206 e. The van der Waals surface area contributed by atoms with E-state index < -0.39 is 0 Å². The van der Waals surface area contributed by atoms with Crippen molar-refractivity contribution in [1.29, 1.82) is 0 Å². The molecule has 0 spiro atoms. The number of hydrogen-bond acceptors (Lipinski definition) is 3.